The second kappa shape index (κ2) is 9.28. The van der Waals surface area contributed by atoms with Gasteiger partial charge in [-0.05, 0) is 68.5 Å². The number of nitrogens with one attached hydrogen (secondary N) is 1. The van der Waals surface area contributed by atoms with Crippen LogP contribution in [0.3, 0.4) is 0 Å². The van der Waals surface area contributed by atoms with E-state index in [2.05, 4.69) is 12.2 Å². The lowest BCUT2D eigenvalue weighted by atomic mass is 10.0. The number of thiophene rings is 1. The first-order valence-corrected chi connectivity index (χ1v) is 12.2. The van der Waals surface area contributed by atoms with Gasteiger partial charge in [-0.3, -0.25) is 4.79 Å². The molecular weight excluding hydrogens is 424 g/mol. The Kier molecular flexibility index (Phi) is 6.95. The van der Waals surface area contributed by atoms with E-state index in [1.165, 1.54) is 28.6 Å². The Labute approximate surface area is 181 Å². The Balaban J connectivity index is 1.71. The number of anilines is 1. The third-order valence-corrected chi connectivity index (χ3v) is 8.00. The zero-order valence-corrected chi connectivity index (χ0v) is 18.9. The maximum Gasteiger partial charge on any atom is 0.348 e. The van der Waals surface area contributed by atoms with Crippen molar-refractivity contribution in [1.82, 2.24) is 4.31 Å². The Bertz CT molecular complexity index is 1030. The molecule has 7 nitrogen and oxygen atoms in total. The highest BCUT2D eigenvalue weighted by Gasteiger charge is 2.28. The second-order valence-corrected chi connectivity index (χ2v) is 10.4. The van der Waals surface area contributed by atoms with Crippen LogP contribution < -0.4 is 5.32 Å². The third-order valence-electron chi connectivity index (χ3n) is 4.99. The van der Waals surface area contributed by atoms with Crippen LogP contribution in [0.25, 0.3) is 0 Å². The molecule has 3 rings (SSSR count). The zero-order valence-electron chi connectivity index (χ0n) is 17.3. The topological polar surface area (TPSA) is 92.8 Å². The van der Waals surface area contributed by atoms with E-state index in [4.69, 9.17) is 4.74 Å². The first-order valence-electron chi connectivity index (χ1n) is 9.91. The minimum absolute atomic E-state index is 0.185. The van der Waals surface area contributed by atoms with Gasteiger partial charge < -0.3 is 10.1 Å². The van der Waals surface area contributed by atoms with E-state index in [0.717, 1.165) is 29.7 Å². The van der Waals surface area contributed by atoms with E-state index >= 15 is 0 Å². The smallest absolute Gasteiger partial charge is 0.348 e. The van der Waals surface area contributed by atoms with E-state index in [9.17, 15) is 18.0 Å². The highest BCUT2D eigenvalue weighted by Crippen LogP contribution is 2.28. The summed E-state index contributed by atoms with van der Waals surface area (Å²) in [5.41, 5.74) is 1.07. The van der Waals surface area contributed by atoms with Crippen molar-refractivity contribution in [3.8, 4) is 0 Å². The molecule has 1 fully saturated rings. The van der Waals surface area contributed by atoms with E-state index in [-0.39, 0.29) is 17.4 Å². The molecule has 162 valence electrons. The molecule has 30 heavy (non-hydrogen) atoms. The van der Waals surface area contributed by atoms with Crippen LogP contribution in [0.15, 0.2) is 35.2 Å². The number of esters is 1. The molecule has 0 saturated carbocycles. The van der Waals surface area contributed by atoms with Crippen LogP contribution in [0.4, 0.5) is 5.00 Å². The van der Waals surface area contributed by atoms with Gasteiger partial charge in [-0.2, -0.15) is 4.31 Å². The predicted molar refractivity (Wildman–Crippen MR) is 117 cm³/mol. The number of carbonyl (C=O) groups excluding carboxylic acids is 2. The Hall–Kier alpha value is -2.23. The fourth-order valence-electron chi connectivity index (χ4n) is 3.42. The molecule has 2 heterocycles. The van der Waals surface area contributed by atoms with Crippen LogP contribution in [0.2, 0.25) is 0 Å². The lowest BCUT2D eigenvalue weighted by Gasteiger charge is -2.30. The molecule has 1 saturated heterocycles. The Morgan fingerprint density at radius 2 is 1.97 bits per heavy atom. The monoisotopic (exact) mass is 450 g/mol. The predicted octanol–water partition coefficient (Wildman–Crippen LogP) is 3.91. The number of sulfonamides is 1. The number of hydrogen-bond donors (Lipinski definition) is 1. The number of ether oxygens (including phenoxy) is 1. The van der Waals surface area contributed by atoms with Crippen LogP contribution in [-0.2, 0) is 14.8 Å². The first kappa shape index (κ1) is 22.5. The summed E-state index contributed by atoms with van der Waals surface area (Å²) in [6.45, 7) is 6.89. The molecule has 1 atom stereocenters. The number of hydrogen-bond acceptors (Lipinski definition) is 6. The van der Waals surface area contributed by atoms with E-state index in [1.807, 2.05) is 0 Å². The largest absolute Gasteiger partial charge is 0.462 e. The molecule has 0 aliphatic carbocycles. The van der Waals surface area contributed by atoms with Gasteiger partial charge in [0.05, 0.1) is 16.5 Å². The number of carbonyl (C=O) groups is 2. The molecule has 1 aromatic carbocycles. The lowest BCUT2D eigenvalue weighted by molar-refractivity contribution is 0.0531. The standard InChI is InChI=1S/C21H26N2O5S2/c1-4-28-21(25)19-15(3)12-18(29-19)22-20(24)16-7-9-17(10-8-16)30(26,27)23-11-5-6-14(2)13-23/h7-10,12,14H,4-6,11,13H2,1-3H3,(H,22,24). The normalized spacial score (nSPS) is 17.5. The molecule has 1 aliphatic heterocycles. The number of amides is 1. The van der Waals surface area contributed by atoms with Crippen LogP contribution in [0.1, 0.15) is 52.3 Å². The van der Waals surface area contributed by atoms with Crippen LogP contribution in [-0.4, -0.2) is 44.3 Å². The summed E-state index contributed by atoms with van der Waals surface area (Å²) in [4.78, 5) is 25.1. The van der Waals surface area contributed by atoms with Crippen LogP contribution >= 0.6 is 11.3 Å². The van der Waals surface area contributed by atoms with E-state index in [1.54, 1.807) is 19.9 Å². The van der Waals surface area contributed by atoms with Gasteiger partial charge in [-0.25, -0.2) is 13.2 Å². The number of piperidine rings is 1. The minimum atomic E-state index is -3.56. The quantitative estimate of drug-likeness (QED) is 0.674. The maximum absolute atomic E-state index is 12.8. The number of rotatable bonds is 6. The van der Waals surface area contributed by atoms with Gasteiger partial charge in [0, 0.05) is 18.7 Å². The van der Waals surface area contributed by atoms with Crippen molar-refractivity contribution >= 4 is 38.2 Å². The molecule has 1 aromatic heterocycles. The fourth-order valence-corrected chi connectivity index (χ4v) is 5.98. The summed E-state index contributed by atoms with van der Waals surface area (Å²) in [7, 11) is -3.56. The minimum Gasteiger partial charge on any atom is -0.462 e. The highest BCUT2D eigenvalue weighted by molar-refractivity contribution is 7.89. The molecule has 0 spiro atoms. The van der Waals surface area contributed by atoms with Crippen molar-refractivity contribution in [2.75, 3.05) is 25.0 Å². The van der Waals surface area contributed by atoms with Gasteiger partial charge in [0.2, 0.25) is 10.0 Å². The van der Waals surface area contributed by atoms with Gasteiger partial charge in [-0.1, -0.05) is 6.92 Å². The van der Waals surface area contributed by atoms with Gasteiger partial charge in [0.25, 0.3) is 5.91 Å². The number of nitrogens with zero attached hydrogens (tertiary/aromatic N) is 1. The summed E-state index contributed by atoms with van der Waals surface area (Å²) in [5.74, 6) is -0.448. The van der Waals surface area contributed by atoms with Crippen molar-refractivity contribution < 1.29 is 22.7 Å². The number of benzene rings is 1. The summed E-state index contributed by atoms with van der Waals surface area (Å²) < 4.78 is 32.2. The van der Waals surface area contributed by atoms with Crippen molar-refractivity contribution in [2.24, 2.45) is 5.92 Å². The molecule has 0 radical (unpaired) electrons. The van der Waals surface area contributed by atoms with Gasteiger partial charge >= 0.3 is 5.97 Å². The summed E-state index contributed by atoms with van der Waals surface area (Å²) in [6.07, 6.45) is 1.89. The van der Waals surface area contributed by atoms with Gasteiger partial charge in [-0.15, -0.1) is 11.3 Å². The van der Waals surface area contributed by atoms with Crippen LogP contribution in [0, 0.1) is 12.8 Å². The average Bonchev–Trinajstić information content (AvgIpc) is 3.08. The molecule has 2 aromatic rings. The summed E-state index contributed by atoms with van der Waals surface area (Å²) in [6, 6.07) is 7.65. The Morgan fingerprint density at radius 3 is 2.60 bits per heavy atom. The average molecular weight is 451 g/mol. The van der Waals surface area contributed by atoms with Crippen molar-refractivity contribution in [3.05, 3.63) is 46.3 Å². The molecule has 0 bridgehead atoms. The van der Waals surface area contributed by atoms with E-state index < -0.39 is 16.0 Å². The van der Waals surface area contributed by atoms with Crippen molar-refractivity contribution in [2.45, 2.75) is 38.5 Å². The van der Waals surface area contributed by atoms with Gasteiger partial charge in [0.1, 0.15) is 4.88 Å². The number of aryl methyl sites for hydroxylation is 1. The molecule has 1 aliphatic rings. The molecule has 9 heteroatoms. The highest BCUT2D eigenvalue weighted by atomic mass is 32.2. The molecular formula is C21H26N2O5S2. The second-order valence-electron chi connectivity index (χ2n) is 7.43. The zero-order chi connectivity index (χ0) is 21.9. The van der Waals surface area contributed by atoms with Gasteiger partial charge in [0.15, 0.2) is 0 Å². The first-order chi connectivity index (χ1) is 14.2. The van der Waals surface area contributed by atoms with Crippen molar-refractivity contribution in [3.63, 3.8) is 0 Å². The van der Waals surface area contributed by atoms with Crippen molar-refractivity contribution in [1.29, 1.82) is 0 Å². The maximum atomic E-state index is 12.8. The van der Waals surface area contributed by atoms with Crippen LogP contribution in [0.5, 0.6) is 0 Å². The molecule has 1 unspecified atom stereocenters. The summed E-state index contributed by atoms with van der Waals surface area (Å²) >= 11 is 1.15. The fraction of sp³-hybridized carbons (Fsp3) is 0.429. The lowest BCUT2D eigenvalue weighted by Crippen LogP contribution is -2.39. The van der Waals surface area contributed by atoms with E-state index in [0.29, 0.717) is 34.4 Å². The molecule has 1 N–H and O–H groups in total. The third kappa shape index (κ3) is 4.91. The SMILES string of the molecule is CCOC(=O)c1sc(NC(=O)c2ccc(S(=O)(=O)N3CCCC(C)C3)cc2)cc1C. The molecule has 1 amide bonds. The summed E-state index contributed by atoms with van der Waals surface area (Å²) in [5, 5.41) is 3.28. The Morgan fingerprint density at radius 1 is 1.27 bits per heavy atom.